The summed E-state index contributed by atoms with van der Waals surface area (Å²) >= 11 is 2.62. The van der Waals surface area contributed by atoms with Gasteiger partial charge in [-0.2, -0.15) is 0 Å². The first kappa shape index (κ1) is 33.9. The minimum atomic E-state index is -1.13. The summed E-state index contributed by atoms with van der Waals surface area (Å²) in [5, 5.41) is 22.6. The van der Waals surface area contributed by atoms with Crippen molar-refractivity contribution >= 4 is 56.5 Å². The molecule has 9 nitrogen and oxygen atoms in total. The number of Topliss-reactive ketones (excluding diaryl/α,β-unsaturated/α-hetero) is 1. The van der Waals surface area contributed by atoms with E-state index in [0.29, 0.717) is 39.7 Å². The first-order chi connectivity index (χ1) is 23.7. The molecule has 1 atom stereocenters. The van der Waals surface area contributed by atoms with E-state index in [1.165, 1.54) is 43.0 Å². The molecule has 49 heavy (non-hydrogen) atoms. The van der Waals surface area contributed by atoms with Crippen LogP contribution in [0.1, 0.15) is 43.0 Å². The van der Waals surface area contributed by atoms with E-state index in [9.17, 15) is 19.1 Å². The van der Waals surface area contributed by atoms with Crippen LogP contribution in [0.4, 0.5) is 9.52 Å². The minimum Gasteiger partial charge on any atom is -0.507 e. The molecule has 0 radical (unpaired) electrons. The first-order valence-corrected chi connectivity index (χ1v) is 17.4. The highest BCUT2D eigenvalue weighted by molar-refractivity contribution is 8.00. The van der Waals surface area contributed by atoms with Gasteiger partial charge in [0.15, 0.2) is 27.4 Å². The second kappa shape index (κ2) is 14.7. The number of ketones is 1. The summed E-state index contributed by atoms with van der Waals surface area (Å²) < 4.78 is 32.0. The Hall–Kier alpha value is -4.94. The Balaban J connectivity index is 1.39. The number of benzene rings is 4. The average Bonchev–Trinajstić information content (AvgIpc) is 3.68. The molecule has 4 aromatic carbocycles. The number of thioether (sulfide) groups is 1. The largest absolute Gasteiger partial charge is 0.507 e. The molecule has 0 unspecified atom stereocenters. The lowest BCUT2D eigenvalue weighted by atomic mass is 9.95. The number of anilines is 1. The molecule has 0 bridgehead atoms. The van der Waals surface area contributed by atoms with E-state index in [1.54, 1.807) is 18.2 Å². The molecular formula is C37H34FN3O6S2. The highest BCUT2D eigenvalue weighted by atomic mass is 32.2. The van der Waals surface area contributed by atoms with Gasteiger partial charge in [-0.05, 0) is 64.6 Å². The predicted octanol–water partition coefficient (Wildman–Crippen LogP) is 8.19. The van der Waals surface area contributed by atoms with Crippen molar-refractivity contribution in [2.24, 2.45) is 5.92 Å². The third-order valence-electron chi connectivity index (χ3n) is 8.16. The number of nitrogens with zero attached hydrogens (tertiary/aromatic N) is 3. The highest BCUT2D eigenvalue weighted by Crippen LogP contribution is 2.46. The summed E-state index contributed by atoms with van der Waals surface area (Å²) in [7, 11) is 2.82. The van der Waals surface area contributed by atoms with Crippen LogP contribution in [0.25, 0.3) is 16.5 Å². The molecule has 12 heteroatoms. The third-order valence-corrected chi connectivity index (χ3v) is 10.3. The molecule has 1 aliphatic heterocycles. The van der Waals surface area contributed by atoms with Gasteiger partial charge in [-0.1, -0.05) is 85.5 Å². The van der Waals surface area contributed by atoms with Gasteiger partial charge in [-0.15, -0.1) is 10.2 Å². The lowest BCUT2D eigenvalue weighted by Crippen LogP contribution is -2.29. The minimum absolute atomic E-state index is 0.00509. The third kappa shape index (κ3) is 6.97. The number of aliphatic hydroxyl groups is 1. The smallest absolute Gasteiger partial charge is 0.301 e. The Morgan fingerprint density at radius 3 is 2.47 bits per heavy atom. The van der Waals surface area contributed by atoms with E-state index >= 15 is 0 Å². The molecule has 1 aromatic heterocycles. The average molecular weight is 700 g/mol. The molecular weight excluding hydrogens is 666 g/mol. The number of hydrogen-bond acceptors (Lipinski definition) is 10. The van der Waals surface area contributed by atoms with Gasteiger partial charge in [0, 0.05) is 11.3 Å². The van der Waals surface area contributed by atoms with Gasteiger partial charge in [0.2, 0.25) is 5.13 Å². The molecule has 2 heterocycles. The fraction of sp³-hybridized carbons (Fsp3) is 0.243. The van der Waals surface area contributed by atoms with Crippen molar-refractivity contribution in [3.63, 3.8) is 0 Å². The van der Waals surface area contributed by atoms with E-state index in [0.717, 1.165) is 40.2 Å². The van der Waals surface area contributed by atoms with Crippen LogP contribution in [0.2, 0.25) is 0 Å². The van der Waals surface area contributed by atoms with E-state index in [1.807, 2.05) is 18.2 Å². The Labute approximate surface area is 291 Å². The van der Waals surface area contributed by atoms with Crippen LogP contribution in [0.3, 0.4) is 0 Å². The number of carbonyl (C=O) groups excluding carboxylic acids is 2. The summed E-state index contributed by atoms with van der Waals surface area (Å²) in [6.07, 6.45) is 0.835. The molecule has 252 valence electrons. The van der Waals surface area contributed by atoms with Gasteiger partial charge in [0.25, 0.3) is 5.78 Å². The normalized spacial score (nSPS) is 15.7. The number of aromatic nitrogens is 2. The van der Waals surface area contributed by atoms with Gasteiger partial charge < -0.3 is 19.3 Å². The maximum atomic E-state index is 14.7. The molecule has 1 amide bonds. The lowest BCUT2D eigenvalue weighted by molar-refractivity contribution is -0.132. The molecule has 1 N–H and O–H groups in total. The Kier molecular flexibility index (Phi) is 10.2. The second-order valence-electron chi connectivity index (χ2n) is 11.7. The second-order valence-corrected chi connectivity index (χ2v) is 13.9. The molecule has 0 aliphatic carbocycles. The highest BCUT2D eigenvalue weighted by Gasteiger charge is 2.48. The van der Waals surface area contributed by atoms with Crippen LogP contribution in [0.15, 0.2) is 88.8 Å². The molecule has 1 saturated heterocycles. The van der Waals surface area contributed by atoms with Crippen LogP contribution in [0.5, 0.6) is 17.2 Å². The summed E-state index contributed by atoms with van der Waals surface area (Å²) in [5.74, 6) is -1.25. The van der Waals surface area contributed by atoms with Gasteiger partial charge >= 0.3 is 5.91 Å². The summed E-state index contributed by atoms with van der Waals surface area (Å²) in [6.45, 7) is 4.67. The van der Waals surface area contributed by atoms with Gasteiger partial charge in [-0.3, -0.25) is 14.5 Å². The Bertz CT molecular complexity index is 2060. The molecule has 1 aliphatic rings. The number of carbonyl (C=O) groups is 2. The summed E-state index contributed by atoms with van der Waals surface area (Å²) in [6, 6.07) is 22.0. The van der Waals surface area contributed by atoms with Crippen molar-refractivity contribution < 1.29 is 33.3 Å². The van der Waals surface area contributed by atoms with Crippen molar-refractivity contribution in [3.8, 4) is 17.2 Å². The van der Waals surface area contributed by atoms with E-state index in [4.69, 9.17) is 14.2 Å². The van der Waals surface area contributed by atoms with E-state index in [-0.39, 0.29) is 22.0 Å². The van der Waals surface area contributed by atoms with E-state index < -0.39 is 29.3 Å². The topological polar surface area (TPSA) is 111 Å². The molecule has 6 rings (SSSR count). The zero-order valence-electron chi connectivity index (χ0n) is 27.3. The van der Waals surface area contributed by atoms with Crippen molar-refractivity contribution in [1.82, 2.24) is 10.2 Å². The number of methoxy groups -OCH3 is 2. The number of rotatable bonds is 12. The van der Waals surface area contributed by atoms with Crippen LogP contribution in [-0.2, 0) is 15.3 Å². The maximum absolute atomic E-state index is 14.7. The van der Waals surface area contributed by atoms with Crippen molar-refractivity contribution in [2.45, 2.75) is 36.4 Å². The summed E-state index contributed by atoms with van der Waals surface area (Å²) in [4.78, 5) is 28.7. The van der Waals surface area contributed by atoms with Gasteiger partial charge in [0.1, 0.15) is 5.76 Å². The first-order valence-electron chi connectivity index (χ1n) is 15.6. The van der Waals surface area contributed by atoms with Crippen LogP contribution >= 0.6 is 23.1 Å². The summed E-state index contributed by atoms with van der Waals surface area (Å²) in [5.41, 5.74) is 1.34. The zero-order chi connectivity index (χ0) is 34.7. The molecule has 0 spiro atoms. The van der Waals surface area contributed by atoms with Crippen LogP contribution in [0, 0.1) is 11.7 Å². The number of ether oxygens (including phenoxy) is 3. The standard InChI is InChI=1S/C37H34FN3O6S2/c1-21(2)16-17-47-29-15-12-23(19-30(29)46-4)32-31(33(42)24-13-14-28(45-3)27(38)18-24)34(43)35(44)41(32)36-39-40-37(49-36)48-20-25-10-7-9-22-8-5-6-11-26(22)25/h5-15,18-19,21,32,42H,16-17,20H2,1-4H3/t32-/m0/s1. The van der Waals surface area contributed by atoms with Crippen LogP contribution in [-0.4, -0.2) is 47.8 Å². The van der Waals surface area contributed by atoms with E-state index in [2.05, 4.69) is 48.3 Å². The predicted molar refractivity (Wildman–Crippen MR) is 189 cm³/mol. The Morgan fingerprint density at radius 2 is 1.71 bits per heavy atom. The van der Waals surface area contributed by atoms with Crippen LogP contribution < -0.4 is 19.1 Å². The monoisotopic (exact) mass is 699 g/mol. The quantitative estimate of drug-likeness (QED) is 0.0453. The SMILES string of the molecule is COc1ccc(C(O)=C2C(=O)C(=O)N(c3nnc(SCc4cccc5ccccc45)s3)[C@H]2c2ccc(OCCC(C)C)c(OC)c2)cc1F. The molecule has 1 fully saturated rings. The number of hydrogen-bond donors (Lipinski definition) is 1. The van der Waals surface area contributed by atoms with Crippen molar-refractivity contribution in [3.05, 3.63) is 107 Å². The van der Waals surface area contributed by atoms with Crippen molar-refractivity contribution in [2.75, 3.05) is 25.7 Å². The molecule has 0 saturated carbocycles. The molecule has 5 aromatic rings. The number of fused-ring (bicyclic) bond motifs is 1. The van der Waals surface area contributed by atoms with Gasteiger partial charge in [0.05, 0.1) is 32.4 Å². The fourth-order valence-electron chi connectivity index (χ4n) is 5.61. The fourth-order valence-corrected chi connectivity index (χ4v) is 7.48. The Morgan fingerprint density at radius 1 is 0.959 bits per heavy atom. The number of aliphatic hydroxyl groups excluding tert-OH is 1. The number of halogens is 1. The number of amides is 1. The lowest BCUT2D eigenvalue weighted by Gasteiger charge is -2.23. The maximum Gasteiger partial charge on any atom is 0.301 e. The van der Waals surface area contributed by atoms with Crippen molar-refractivity contribution in [1.29, 1.82) is 0 Å². The van der Waals surface area contributed by atoms with Gasteiger partial charge in [-0.25, -0.2) is 4.39 Å². The zero-order valence-corrected chi connectivity index (χ0v) is 28.9.